The predicted octanol–water partition coefficient (Wildman–Crippen LogP) is 4.71. The number of hydrogen-bond acceptors (Lipinski definition) is 4. The Morgan fingerprint density at radius 2 is 1.76 bits per heavy atom. The van der Waals surface area contributed by atoms with Crippen molar-refractivity contribution < 1.29 is 14.3 Å². The third-order valence-corrected chi connectivity index (χ3v) is 5.62. The number of carbonyl (C=O) groups excluding carboxylic acids is 2. The summed E-state index contributed by atoms with van der Waals surface area (Å²) < 4.78 is 5.66. The Kier molecular flexibility index (Phi) is 5.34. The number of rotatable bonds is 4. The third kappa shape index (κ3) is 3.88. The Morgan fingerprint density at radius 1 is 1.03 bits per heavy atom. The van der Waals surface area contributed by atoms with Gasteiger partial charge in [-0.1, -0.05) is 60.2 Å². The minimum Gasteiger partial charge on any atom is -0.457 e. The number of nitrogens with one attached hydrogen (secondary N) is 1. The fourth-order valence-electron chi connectivity index (χ4n) is 4.15. The van der Waals surface area contributed by atoms with Crippen LogP contribution in [0.5, 0.6) is 0 Å². The lowest BCUT2D eigenvalue weighted by Gasteiger charge is -2.34. The van der Waals surface area contributed by atoms with Crippen molar-refractivity contribution in [2.75, 3.05) is 0 Å². The first-order valence-electron chi connectivity index (χ1n) is 10.1. The summed E-state index contributed by atoms with van der Waals surface area (Å²) in [6.07, 6.45) is 2.19. The molecule has 0 aromatic heterocycles. The topological polar surface area (TPSA) is 55.4 Å². The van der Waals surface area contributed by atoms with Crippen molar-refractivity contribution in [1.82, 2.24) is 5.32 Å². The van der Waals surface area contributed by atoms with Gasteiger partial charge in [-0.15, -0.1) is 0 Å². The van der Waals surface area contributed by atoms with Gasteiger partial charge in [0.1, 0.15) is 6.61 Å². The molecule has 0 saturated carbocycles. The second kappa shape index (κ2) is 8.08. The van der Waals surface area contributed by atoms with Gasteiger partial charge in [-0.25, -0.2) is 4.79 Å². The molecule has 2 aromatic carbocycles. The van der Waals surface area contributed by atoms with Crippen molar-refractivity contribution in [2.24, 2.45) is 0 Å². The average molecular weight is 387 g/mol. The largest absolute Gasteiger partial charge is 0.457 e. The summed E-state index contributed by atoms with van der Waals surface area (Å²) in [5, 5.41) is 3.33. The molecule has 29 heavy (non-hydrogen) atoms. The first-order valence-corrected chi connectivity index (χ1v) is 10.1. The molecule has 0 amide bonds. The average Bonchev–Trinajstić information content (AvgIpc) is 2.72. The van der Waals surface area contributed by atoms with Crippen molar-refractivity contribution in [2.45, 2.75) is 45.6 Å². The number of benzene rings is 2. The zero-order valence-electron chi connectivity index (χ0n) is 16.8. The monoisotopic (exact) mass is 387 g/mol. The van der Waals surface area contributed by atoms with Crippen molar-refractivity contribution in [1.29, 1.82) is 0 Å². The lowest BCUT2D eigenvalue weighted by molar-refractivity contribution is -0.140. The molecule has 4 heteroatoms. The fraction of sp³-hybridized carbons (Fsp3) is 0.280. The van der Waals surface area contributed by atoms with Gasteiger partial charge in [-0.05, 0) is 37.8 Å². The van der Waals surface area contributed by atoms with Gasteiger partial charge in [0.25, 0.3) is 0 Å². The van der Waals surface area contributed by atoms with Crippen LogP contribution in [-0.4, -0.2) is 11.8 Å². The standard InChI is InChI=1S/C25H25NO3/c1-16-11-13-19(14-12-16)23-22(25(28)29-15-18-7-4-3-5-8-18)17(2)26-20-9-6-10-21(27)24(20)23/h3-5,7-8,11-14,23,26H,6,9-10,15H2,1-2H3/t23-/m0/s1. The first kappa shape index (κ1) is 19.2. The summed E-state index contributed by atoms with van der Waals surface area (Å²) in [6, 6.07) is 17.7. The van der Waals surface area contributed by atoms with E-state index in [1.807, 2.05) is 68.4 Å². The Labute approximate surface area is 171 Å². The lowest BCUT2D eigenvalue weighted by atomic mass is 9.75. The van der Waals surface area contributed by atoms with E-state index in [2.05, 4.69) is 5.32 Å². The molecule has 2 aromatic rings. The van der Waals surface area contributed by atoms with Crippen LogP contribution in [0.15, 0.2) is 77.1 Å². The zero-order valence-corrected chi connectivity index (χ0v) is 16.8. The van der Waals surface area contributed by atoms with Gasteiger partial charge in [0, 0.05) is 29.3 Å². The summed E-state index contributed by atoms with van der Waals surface area (Å²) in [7, 11) is 0. The van der Waals surface area contributed by atoms with Crippen molar-refractivity contribution in [3.05, 3.63) is 93.8 Å². The quantitative estimate of drug-likeness (QED) is 0.772. The van der Waals surface area contributed by atoms with Crippen LogP contribution in [0.3, 0.4) is 0 Å². The van der Waals surface area contributed by atoms with Gasteiger partial charge in [-0.3, -0.25) is 4.79 Å². The third-order valence-electron chi connectivity index (χ3n) is 5.62. The number of dihydropyridines is 1. The second-order valence-electron chi connectivity index (χ2n) is 7.74. The highest BCUT2D eigenvalue weighted by atomic mass is 16.5. The molecular formula is C25H25NO3. The van der Waals surface area contributed by atoms with E-state index in [0.29, 0.717) is 12.0 Å². The van der Waals surface area contributed by atoms with Crippen molar-refractivity contribution in [3.63, 3.8) is 0 Å². The number of aryl methyl sites for hydroxylation is 1. The molecule has 148 valence electrons. The molecule has 1 atom stereocenters. The van der Waals surface area contributed by atoms with Crippen LogP contribution in [0, 0.1) is 6.92 Å². The van der Waals surface area contributed by atoms with Crippen LogP contribution >= 0.6 is 0 Å². The molecular weight excluding hydrogens is 362 g/mol. The molecule has 4 rings (SSSR count). The molecule has 2 aliphatic rings. The summed E-state index contributed by atoms with van der Waals surface area (Å²) in [4.78, 5) is 26.0. The lowest BCUT2D eigenvalue weighted by Crippen LogP contribution is -2.34. The molecule has 0 bridgehead atoms. The molecule has 4 nitrogen and oxygen atoms in total. The summed E-state index contributed by atoms with van der Waals surface area (Å²) in [5.74, 6) is -0.651. The van der Waals surface area contributed by atoms with Crippen LogP contribution in [-0.2, 0) is 20.9 Å². The van der Waals surface area contributed by atoms with Gasteiger partial charge in [0.2, 0.25) is 0 Å². The molecule has 0 unspecified atom stereocenters. The fourth-order valence-corrected chi connectivity index (χ4v) is 4.15. The van der Waals surface area contributed by atoms with E-state index < -0.39 is 0 Å². The molecule has 0 spiro atoms. The number of carbonyl (C=O) groups is 2. The summed E-state index contributed by atoms with van der Waals surface area (Å²) in [5.41, 5.74) is 5.98. The van der Waals surface area contributed by atoms with Gasteiger partial charge >= 0.3 is 5.97 Å². The number of ketones is 1. The van der Waals surface area contributed by atoms with Gasteiger partial charge in [0.05, 0.1) is 5.57 Å². The van der Waals surface area contributed by atoms with E-state index in [4.69, 9.17) is 4.74 Å². The Hall–Kier alpha value is -3.14. The smallest absolute Gasteiger partial charge is 0.337 e. The van der Waals surface area contributed by atoms with Gasteiger partial charge in [0.15, 0.2) is 5.78 Å². The van der Waals surface area contributed by atoms with E-state index in [1.165, 1.54) is 0 Å². The number of esters is 1. The Bertz CT molecular complexity index is 1000. The maximum Gasteiger partial charge on any atom is 0.337 e. The van der Waals surface area contributed by atoms with Crippen molar-refractivity contribution >= 4 is 11.8 Å². The van der Waals surface area contributed by atoms with Gasteiger partial charge < -0.3 is 10.1 Å². The molecule has 0 radical (unpaired) electrons. The van der Waals surface area contributed by atoms with E-state index in [0.717, 1.165) is 46.5 Å². The van der Waals surface area contributed by atoms with Gasteiger partial charge in [-0.2, -0.15) is 0 Å². The second-order valence-corrected chi connectivity index (χ2v) is 7.74. The van der Waals surface area contributed by atoms with E-state index in [-0.39, 0.29) is 24.3 Å². The summed E-state index contributed by atoms with van der Waals surface area (Å²) >= 11 is 0. The van der Waals surface area contributed by atoms with Crippen LogP contribution in [0.4, 0.5) is 0 Å². The van der Waals surface area contributed by atoms with Crippen molar-refractivity contribution in [3.8, 4) is 0 Å². The molecule has 0 fully saturated rings. The minimum absolute atomic E-state index is 0.116. The highest BCUT2D eigenvalue weighted by molar-refractivity contribution is 6.03. The number of ether oxygens (including phenoxy) is 1. The van der Waals surface area contributed by atoms with Crippen LogP contribution in [0.2, 0.25) is 0 Å². The molecule has 1 aliphatic heterocycles. The Morgan fingerprint density at radius 3 is 2.48 bits per heavy atom. The number of allylic oxidation sites excluding steroid dienone is 3. The van der Waals surface area contributed by atoms with E-state index >= 15 is 0 Å². The SMILES string of the molecule is CC1=C(C(=O)OCc2ccccc2)[C@H](c2ccc(C)cc2)C2=C(CCCC2=O)N1. The molecule has 1 heterocycles. The zero-order chi connectivity index (χ0) is 20.4. The van der Waals surface area contributed by atoms with Crippen LogP contribution in [0.25, 0.3) is 0 Å². The first-order chi connectivity index (χ1) is 14.0. The maximum absolute atomic E-state index is 13.2. The highest BCUT2D eigenvalue weighted by Crippen LogP contribution is 2.42. The highest BCUT2D eigenvalue weighted by Gasteiger charge is 2.39. The maximum atomic E-state index is 13.2. The number of hydrogen-bond donors (Lipinski definition) is 1. The van der Waals surface area contributed by atoms with Crippen LogP contribution in [0.1, 0.15) is 48.8 Å². The van der Waals surface area contributed by atoms with E-state index in [9.17, 15) is 9.59 Å². The minimum atomic E-state index is -0.386. The Balaban J connectivity index is 1.70. The molecule has 0 saturated heterocycles. The van der Waals surface area contributed by atoms with E-state index in [1.54, 1.807) is 0 Å². The summed E-state index contributed by atoms with van der Waals surface area (Å²) in [6.45, 7) is 4.12. The normalized spacial score (nSPS) is 19.0. The molecule has 1 N–H and O–H groups in total. The predicted molar refractivity (Wildman–Crippen MR) is 112 cm³/mol. The van der Waals surface area contributed by atoms with Crippen LogP contribution < -0.4 is 5.32 Å². The number of Topliss-reactive ketones (excluding diaryl/α,β-unsaturated/α-hetero) is 1. The molecule has 1 aliphatic carbocycles.